The molecule has 5 rings (SSSR count). The van der Waals surface area contributed by atoms with Crippen molar-refractivity contribution in [3.63, 3.8) is 0 Å². The summed E-state index contributed by atoms with van der Waals surface area (Å²) in [6.45, 7) is 0. The quantitative estimate of drug-likeness (QED) is 0.181. The molecule has 0 bridgehead atoms. The van der Waals surface area contributed by atoms with Crippen LogP contribution >= 0.6 is 11.3 Å². The van der Waals surface area contributed by atoms with Gasteiger partial charge in [-0.25, -0.2) is 14.6 Å². The van der Waals surface area contributed by atoms with Crippen molar-refractivity contribution in [1.82, 2.24) is 0 Å². The van der Waals surface area contributed by atoms with Gasteiger partial charge < -0.3 is 19.5 Å². The molecular weight excluding hydrogens is 516 g/mol. The lowest BCUT2D eigenvalue weighted by Gasteiger charge is -2.09. The predicted octanol–water partition coefficient (Wildman–Crippen LogP) is 5.50. The van der Waals surface area contributed by atoms with Crippen LogP contribution < -0.4 is 14.8 Å². The van der Waals surface area contributed by atoms with Gasteiger partial charge in [0.15, 0.2) is 17.2 Å². The van der Waals surface area contributed by atoms with Gasteiger partial charge in [0.2, 0.25) is 11.8 Å². The van der Waals surface area contributed by atoms with E-state index in [9.17, 15) is 14.4 Å². The number of nitrogens with zero attached hydrogens (tertiary/aromatic N) is 1. The maximum atomic E-state index is 12.5. The van der Waals surface area contributed by atoms with Gasteiger partial charge >= 0.3 is 11.9 Å². The number of esters is 2. The van der Waals surface area contributed by atoms with Gasteiger partial charge in [0, 0.05) is 11.3 Å². The fourth-order valence-corrected chi connectivity index (χ4v) is 4.37. The minimum atomic E-state index is -0.600. The molecule has 1 aromatic heterocycles. The lowest BCUT2D eigenvalue weighted by molar-refractivity contribution is -0.130. The second-order valence-electron chi connectivity index (χ2n) is 8.40. The zero-order valence-corrected chi connectivity index (χ0v) is 21.6. The molecule has 1 N–H and O–H groups in total. The highest BCUT2D eigenvalue weighted by Gasteiger charge is 2.24. The highest BCUT2D eigenvalue weighted by molar-refractivity contribution is 7.12. The molecule has 0 saturated carbocycles. The van der Waals surface area contributed by atoms with Crippen LogP contribution in [0.15, 0.2) is 101 Å². The minimum absolute atomic E-state index is 0.107. The fourth-order valence-electron chi connectivity index (χ4n) is 3.78. The summed E-state index contributed by atoms with van der Waals surface area (Å²) in [6, 6.07) is 24.7. The molecule has 0 atom stereocenters. The average molecular weight is 539 g/mol. The number of nitrogens with one attached hydrogen (secondary N) is 1. The number of hydrogen-bond acceptors (Lipinski definition) is 8. The summed E-state index contributed by atoms with van der Waals surface area (Å²) in [6.07, 6.45) is 1.82. The molecule has 8 nitrogen and oxygen atoms in total. The van der Waals surface area contributed by atoms with Crippen molar-refractivity contribution in [2.75, 3.05) is 12.4 Å². The van der Waals surface area contributed by atoms with E-state index in [1.165, 1.54) is 18.4 Å². The number of cyclic esters (lactones) is 1. The van der Waals surface area contributed by atoms with Gasteiger partial charge in [-0.2, -0.15) is 0 Å². The minimum Gasteiger partial charge on any atom is -0.493 e. The molecule has 0 radical (unpaired) electrons. The summed E-state index contributed by atoms with van der Waals surface area (Å²) in [7, 11) is 1.46. The molecule has 0 aliphatic carbocycles. The van der Waals surface area contributed by atoms with Crippen molar-refractivity contribution in [2.45, 2.75) is 6.42 Å². The van der Waals surface area contributed by atoms with Crippen LogP contribution in [-0.4, -0.2) is 30.9 Å². The number of ether oxygens (including phenoxy) is 3. The standard InChI is InChI=1S/C30H22N2O6S/c1-36-25-17-20(9-14-24(25)37-30(35)26-8-5-15-39-26)16-23-29(34)38-28(32-23)21-10-12-22(13-11-21)31-27(33)18-19-6-3-2-4-7-19/h2-17H,18H2,1H3,(H,31,33). The highest BCUT2D eigenvalue weighted by atomic mass is 32.1. The summed E-state index contributed by atoms with van der Waals surface area (Å²) in [5.74, 6) is -0.475. The van der Waals surface area contributed by atoms with E-state index in [2.05, 4.69) is 10.3 Å². The third-order valence-corrected chi connectivity index (χ3v) is 6.51. The van der Waals surface area contributed by atoms with Crippen molar-refractivity contribution in [2.24, 2.45) is 4.99 Å². The highest BCUT2D eigenvalue weighted by Crippen LogP contribution is 2.31. The first kappa shape index (κ1) is 25.6. The summed E-state index contributed by atoms with van der Waals surface area (Å²) in [4.78, 5) is 41.9. The molecule has 0 fully saturated rings. The molecule has 194 valence electrons. The molecule has 0 unspecified atom stereocenters. The number of anilines is 1. The van der Waals surface area contributed by atoms with Crippen LogP contribution in [0.3, 0.4) is 0 Å². The summed E-state index contributed by atoms with van der Waals surface area (Å²) in [5, 5.41) is 4.64. The maximum absolute atomic E-state index is 12.5. The Bertz CT molecular complexity index is 1580. The first-order chi connectivity index (χ1) is 19.0. The van der Waals surface area contributed by atoms with E-state index in [0.717, 1.165) is 5.56 Å². The van der Waals surface area contributed by atoms with Crippen LogP contribution in [0.1, 0.15) is 26.4 Å². The van der Waals surface area contributed by atoms with Crippen LogP contribution in [-0.2, 0) is 20.7 Å². The number of amides is 1. The summed E-state index contributed by atoms with van der Waals surface area (Å²) < 4.78 is 16.2. The zero-order chi connectivity index (χ0) is 27.2. The van der Waals surface area contributed by atoms with Gasteiger partial charge in [-0.1, -0.05) is 42.5 Å². The van der Waals surface area contributed by atoms with E-state index < -0.39 is 11.9 Å². The Labute approximate surface area is 228 Å². The Morgan fingerprint density at radius 2 is 1.77 bits per heavy atom. The van der Waals surface area contributed by atoms with Crippen LogP contribution in [0.25, 0.3) is 6.08 Å². The van der Waals surface area contributed by atoms with Crippen LogP contribution in [0, 0.1) is 0 Å². The number of benzene rings is 3. The number of aliphatic imine (C=N–C) groups is 1. The van der Waals surface area contributed by atoms with Gasteiger partial charge in [0.1, 0.15) is 4.88 Å². The van der Waals surface area contributed by atoms with E-state index in [1.54, 1.807) is 66.1 Å². The molecule has 3 aromatic carbocycles. The lowest BCUT2D eigenvalue weighted by Crippen LogP contribution is -2.14. The normalized spacial score (nSPS) is 13.5. The van der Waals surface area contributed by atoms with E-state index in [-0.39, 0.29) is 29.7 Å². The molecule has 4 aromatic rings. The van der Waals surface area contributed by atoms with Gasteiger partial charge in [0.05, 0.1) is 13.5 Å². The van der Waals surface area contributed by atoms with E-state index in [0.29, 0.717) is 27.4 Å². The number of carbonyl (C=O) groups excluding carboxylic acids is 3. The summed E-state index contributed by atoms with van der Waals surface area (Å²) >= 11 is 1.28. The van der Waals surface area contributed by atoms with Crippen molar-refractivity contribution >= 4 is 46.8 Å². The third-order valence-electron chi connectivity index (χ3n) is 5.66. The lowest BCUT2D eigenvalue weighted by atomic mass is 10.1. The van der Waals surface area contributed by atoms with E-state index in [1.807, 2.05) is 30.3 Å². The second-order valence-corrected chi connectivity index (χ2v) is 9.35. The van der Waals surface area contributed by atoms with Gasteiger partial charge in [-0.3, -0.25) is 4.79 Å². The molecule has 1 amide bonds. The Balaban J connectivity index is 1.27. The van der Waals surface area contributed by atoms with Gasteiger partial charge in [0.25, 0.3) is 0 Å². The molecule has 0 spiro atoms. The van der Waals surface area contributed by atoms with Crippen molar-refractivity contribution in [3.05, 3.63) is 118 Å². The van der Waals surface area contributed by atoms with E-state index >= 15 is 0 Å². The monoisotopic (exact) mass is 538 g/mol. The van der Waals surface area contributed by atoms with Gasteiger partial charge in [-0.05, 0) is 65.0 Å². The third kappa shape index (κ3) is 6.28. The Hall–Kier alpha value is -5.02. The largest absolute Gasteiger partial charge is 0.493 e. The molecule has 0 saturated heterocycles. The number of rotatable bonds is 8. The molecule has 2 heterocycles. The molecule has 9 heteroatoms. The predicted molar refractivity (Wildman–Crippen MR) is 148 cm³/mol. The second kappa shape index (κ2) is 11.6. The Kier molecular flexibility index (Phi) is 7.60. The Morgan fingerprint density at radius 3 is 2.49 bits per heavy atom. The number of hydrogen-bond donors (Lipinski definition) is 1. The average Bonchev–Trinajstić information content (AvgIpc) is 3.61. The number of methoxy groups -OCH3 is 1. The van der Waals surface area contributed by atoms with Crippen LogP contribution in [0.4, 0.5) is 5.69 Å². The molecule has 39 heavy (non-hydrogen) atoms. The van der Waals surface area contributed by atoms with Crippen molar-refractivity contribution in [3.8, 4) is 11.5 Å². The molecule has 1 aliphatic heterocycles. The maximum Gasteiger partial charge on any atom is 0.363 e. The SMILES string of the molecule is COc1cc(C=C2N=C(c3ccc(NC(=O)Cc4ccccc4)cc3)OC2=O)ccc1OC(=O)c1cccs1. The number of carbonyl (C=O) groups is 3. The smallest absolute Gasteiger partial charge is 0.363 e. The number of thiophene rings is 1. The van der Waals surface area contributed by atoms with Crippen LogP contribution in [0.2, 0.25) is 0 Å². The van der Waals surface area contributed by atoms with Crippen LogP contribution in [0.5, 0.6) is 11.5 Å². The topological polar surface area (TPSA) is 103 Å². The first-order valence-corrected chi connectivity index (χ1v) is 12.8. The Morgan fingerprint density at radius 1 is 0.974 bits per heavy atom. The zero-order valence-electron chi connectivity index (χ0n) is 20.7. The van der Waals surface area contributed by atoms with Crippen molar-refractivity contribution < 1.29 is 28.6 Å². The summed E-state index contributed by atoms with van der Waals surface area (Å²) in [5.41, 5.74) is 2.84. The molecule has 1 aliphatic rings. The van der Waals surface area contributed by atoms with Gasteiger partial charge in [-0.15, -0.1) is 11.3 Å². The van der Waals surface area contributed by atoms with Crippen molar-refractivity contribution in [1.29, 1.82) is 0 Å². The van der Waals surface area contributed by atoms with E-state index in [4.69, 9.17) is 14.2 Å². The first-order valence-electron chi connectivity index (χ1n) is 11.9. The fraction of sp³-hybridized carbons (Fsp3) is 0.0667. The molecular formula is C30H22N2O6S.